The van der Waals surface area contributed by atoms with Gasteiger partial charge < -0.3 is 9.88 Å². The van der Waals surface area contributed by atoms with Gasteiger partial charge in [0.2, 0.25) is 0 Å². The molecule has 1 amide bonds. The fraction of sp³-hybridized carbons (Fsp3) is 0.615. The minimum Gasteiger partial charge on any atom is -0.364 e. The van der Waals surface area contributed by atoms with Crippen LogP contribution < -0.4 is 0 Å². The Balaban J connectivity index is 1.82. The van der Waals surface area contributed by atoms with Crippen LogP contribution in [0.5, 0.6) is 0 Å². The van der Waals surface area contributed by atoms with Crippen molar-refractivity contribution in [3.63, 3.8) is 0 Å². The molecule has 1 saturated heterocycles. The first kappa shape index (κ1) is 9.94. The van der Waals surface area contributed by atoms with Gasteiger partial charge in [0.25, 0.3) is 5.91 Å². The Morgan fingerprint density at radius 2 is 2.00 bits per heavy atom. The number of rotatable bonds is 2. The Bertz CT molecular complexity index is 386. The van der Waals surface area contributed by atoms with Crippen molar-refractivity contribution in [2.24, 2.45) is 0 Å². The molecule has 0 unspecified atom stereocenters. The number of nitrogens with zero attached hydrogens (tertiary/aromatic N) is 1. The third-order valence-corrected chi connectivity index (χ3v) is 3.92. The van der Waals surface area contributed by atoms with Crippen LogP contribution in [0.15, 0.2) is 12.3 Å². The van der Waals surface area contributed by atoms with E-state index in [1.807, 2.05) is 17.2 Å². The van der Waals surface area contributed by atoms with E-state index >= 15 is 0 Å². The van der Waals surface area contributed by atoms with Crippen molar-refractivity contribution in [1.82, 2.24) is 9.88 Å². The third kappa shape index (κ3) is 1.55. The van der Waals surface area contributed by atoms with Crippen LogP contribution in [-0.2, 0) is 0 Å². The lowest BCUT2D eigenvalue weighted by molar-refractivity contribution is 0.0790. The summed E-state index contributed by atoms with van der Waals surface area (Å²) in [5, 5.41) is 0. The zero-order chi connectivity index (χ0) is 11.0. The number of aromatic nitrogens is 1. The number of likely N-dealkylation sites (tertiary alicyclic amines) is 1. The molecule has 1 aromatic rings. The summed E-state index contributed by atoms with van der Waals surface area (Å²) in [6, 6.07) is 1.95. The van der Waals surface area contributed by atoms with Gasteiger partial charge in [-0.15, -0.1) is 0 Å². The second-order valence-corrected chi connectivity index (χ2v) is 4.93. The monoisotopic (exact) mass is 218 g/mol. The highest BCUT2D eigenvalue weighted by Crippen LogP contribution is 2.37. The number of amides is 1. The normalized spacial score (nSPS) is 21.1. The van der Waals surface area contributed by atoms with Gasteiger partial charge in [0.05, 0.1) is 5.56 Å². The lowest BCUT2D eigenvalue weighted by Gasteiger charge is -2.26. The summed E-state index contributed by atoms with van der Waals surface area (Å²) >= 11 is 0. The van der Waals surface area contributed by atoms with Crippen LogP contribution in [0.1, 0.15) is 54.1 Å². The highest BCUT2D eigenvalue weighted by Gasteiger charge is 2.28. The number of H-pyrrole nitrogens is 1. The first-order valence-corrected chi connectivity index (χ1v) is 6.33. The lowest BCUT2D eigenvalue weighted by Crippen LogP contribution is -2.28. The molecule has 0 aromatic carbocycles. The van der Waals surface area contributed by atoms with Crippen LogP contribution in [0.3, 0.4) is 0 Å². The maximum Gasteiger partial charge on any atom is 0.255 e. The van der Waals surface area contributed by atoms with Gasteiger partial charge in [0.15, 0.2) is 0 Å². The number of hydrogen-bond acceptors (Lipinski definition) is 1. The predicted octanol–water partition coefficient (Wildman–Crippen LogP) is 2.52. The van der Waals surface area contributed by atoms with Gasteiger partial charge in [-0.3, -0.25) is 4.79 Å². The average molecular weight is 218 g/mol. The van der Waals surface area contributed by atoms with Crippen LogP contribution in [0.4, 0.5) is 0 Å². The molecule has 0 radical (unpaired) electrons. The molecule has 0 atom stereocenters. The molecule has 0 bridgehead atoms. The molecule has 2 fully saturated rings. The van der Waals surface area contributed by atoms with E-state index in [0.29, 0.717) is 5.92 Å². The summed E-state index contributed by atoms with van der Waals surface area (Å²) in [5.74, 6) is 0.845. The molecule has 3 nitrogen and oxygen atoms in total. The largest absolute Gasteiger partial charge is 0.364 e. The van der Waals surface area contributed by atoms with Crippen molar-refractivity contribution in [1.29, 1.82) is 0 Å². The molecule has 86 valence electrons. The van der Waals surface area contributed by atoms with Crippen LogP contribution in [0.25, 0.3) is 0 Å². The van der Waals surface area contributed by atoms with E-state index in [0.717, 1.165) is 31.5 Å². The molecule has 3 rings (SSSR count). The Hall–Kier alpha value is -1.25. The van der Waals surface area contributed by atoms with Gasteiger partial charge in [-0.2, -0.15) is 0 Å². The fourth-order valence-corrected chi connectivity index (χ4v) is 2.69. The second kappa shape index (κ2) is 3.96. The lowest BCUT2D eigenvalue weighted by atomic mass is 9.81. The smallest absolute Gasteiger partial charge is 0.255 e. The number of hydrogen-bond donors (Lipinski definition) is 1. The molecule has 2 heterocycles. The van der Waals surface area contributed by atoms with Crippen molar-refractivity contribution in [3.8, 4) is 0 Å². The SMILES string of the molecule is O=C(c1cc[nH]c1C1CCC1)N1CCCC1. The summed E-state index contributed by atoms with van der Waals surface area (Å²) in [6.07, 6.45) is 8.02. The molecule has 1 aliphatic carbocycles. The van der Waals surface area contributed by atoms with Crippen LogP contribution in [0, 0.1) is 0 Å². The van der Waals surface area contributed by atoms with E-state index in [-0.39, 0.29) is 5.91 Å². The molecule has 0 spiro atoms. The summed E-state index contributed by atoms with van der Waals surface area (Å²) in [7, 11) is 0. The Kier molecular flexibility index (Phi) is 2.46. The zero-order valence-electron chi connectivity index (χ0n) is 9.54. The van der Waals surface area contributed by atoms with E-state index in [2.05, 4.69) is 4.98 Å². The van der Waals surface area contributed by atoms with Gasteiger partial charge in [-0.1, -0.05) is 6.42 Å². The topological polar surface area (TPSA) is 36.1 Å². The van der Waals surface area contributed by atoms with Crippen molar-refractivity contribution >= 4 is 5.91 Å². The standard InChI is InChI=1S/C13H18N2O/c16-13(15-8-1-2-9-15)11-6-7-14-12(11)10-4-3-5-10/h6-7,10,14H,1-5,8-9H2. The van der Waals surface area contributed by atoms with Gasteiger partial charge in [0, 0.05) is 25.0 Å². The van der Waals surface area contributed by atoms with Gasteiger partial charge in [-0.05, 0) is 37.7 Å². The van der Waals surface area contributed by atoms with Crippen LogP contribution in [0.2, 0.25) is 0 Å². The predicted molar refractivity (Wildman–Crippen MR) is 62.5 cm³/mol. The molecule has 1 aliphatic heterocycles. The van der Waals surface area contributed by atoms with Crippen LogP contribution >= 0.6 is 0 Å². The first-order chi connectivity index (χ1) is 7.86. The van der Waals surface area contributed by atoms with Gasteiger partial charge in [-0.25, -0.2) is 0 Å². The molecule has 1 aromatic heterocycles. The minimum absolute atomic E-state index is 0.237. The molecular weight excluding hydrogens is 200 g/mol. The van der Waals surface area contributed by atoms with Gasteiger partial charge in [0.1, 0.15) is 0 Å². The second-order valence-electron chi connectivity index (χ2n) is 4.93. The Morgan fingerprint density at radius 1 is 1.25 bits per heavy atom. The van der Waals surface area contributed by atoms with E-state index in [9.17, 15) is 4.79 Å². The maximum atomic E-state index is 12.3. The van der Waals surface area contributed by atoms with E-state index in [1.54, 1.807) is 0 Å². The highest BCUT2D eigenvalue weighted by molar-refractivity contribution is 5.95. The van der Waals surface area contributed by atoms with Crippen molar-refractivity contribution < 1.29 is 4.79 Å². The summed E-state index contributed by atoms with van der Waals surface area (Å²) in [5.41, 5.74) is 2.11. The maximum absolute atomic E-state index is 12.3. The summed E-state index contributed by atoms with van der Waals surface area (Å²) in [4.78, 5) is 17.5. The number of carbonyl (C=O) groups excluding carboxylic acids is 1. The quantitative estimate of drug-likeness (QED) is 0.813. The van der Waals surface area contributed by atoms with E-state index in [1.165, 1.54) is 25.0 Å². The van der Waals surface area contributed by atoms with E-state index < -0.39 is 0 Å². The fourth-order valence-electron chi connectivity index (χ4n) is 2.69. The summed E-state index contributed by atoms with van der Waals surface area (Å²) in [6.45, 7) is 1.88. The van der Waals surface area contributed by atoms with Crippen molar-refractivity contribution in [2.45, 2.75) is 38.0 Å². The number of nitrogens with one attached hydrogen (secondary N) is 1. The minimum atomic E-state index is 0.237. The van der Waals surface area contributed by atoms with Gasteiger partial charge >= 0.3 is 0 Å². The van der Waals surface area contributed by atoms with E-state index in [4.69, 9.17) is 0 Å². The molecule has 1 saturated carbocycles. The zero-order valence-corrected chi connectivity index (χ0v) is 9.54. The Labute approximate surface area is 95.8 Å². The molecule has 3 heteroatoms. The van der Waals surface area contributed by atoms with Crippen molar-refractivity contribution in [3.05, 3.63) is 23.5 Å². The third-order valence-electron chi connectivity index (χ3n) is 3.92. The molecular formula is C13H18N2O. The molecule has 1 N–H and O–H groups in total. The molecule has 2 aliphatic rings. The number of aromatic amines is 1. The first-order valence-electron chi connectivity index (χ1n) is 6.33. The summed E-state index contributed by atoms with van der Waals surface area (Å²) < 4.78 is 0. The van der Waals surface area contributed by atoms with Crippen molar-refractivity contribution in [2.75, 3.05) is 13.1 Å². The number of carbonyl (C=O) groups is 1. The average Bonchev–Trinajstić information content (AvgIpc) is 2.84. The molecule has 16 heavy (non-hydrogen) atoms. The Morgan fingerprint density at radius 3 is 2.62 bits per heavy atom. The highest BCUT2D eigenvalue weighted by atomic mass is 16.2. The van der Waals surface area contributed by atoms with Crippen LogP contribution in [-0.4, -0.2) is 28.9 Å².